The third-order valence-electron chi connectivity index (χ3n) is 3.63. The summed E-state index contributed by atoms with van der Waals surface area (Å²) in [5.74, 6) is -1.02. The molecule has 0 amide bonds. The second kappa shape index (κ2) is 5.34. The van der Waals surface area contributed by atoms with Crippen LogP contribution >= 0.6 is 11.3 Å². The maximum absolute atomic E-state index is 9.72. The Hall–Kier alpha value is -1.72. The van der Waals surface area contributed by atoms with Gasteiger partial charge in [-0.05, 0) is 37.0 Å². The van der Waals surface area contributed by atoms with Crippen LogP contribution in [0.25, 0.3) is 0 Å². The van der Waals surface area contributed by atoms with Gasteiger partial charge in [0.2, 0.25) is 5.75 Å². The molecular formula is C15H17NO3S. The lowest BCUT2D eigenvalue weighted by Gasteiger charge is -2.08. The van der Waals surface area contributed by atoms with Crippen LogP contribution < -0.4 is 5.32 Å². The molecule has 0 bridgehead atoms. The largest absolute Gasteiger partial charge is 0.504 e. The van der Waals surface area contributed by atoms with Crippen LogP contribution in [0.2, 0.25) is 0 Å². The van der Waals surface area contributed by atoms with Gasteiger partial charge in [0.05, 0.1) is 0 Å². The molecule has 1 aromatic carbocycles. The van der Waals surface area contributed by atoms with Crippen LogP contribution in [0.3, 0.4) is 0 Å². The first-order valence-electron chi connectivity index (χ1n) is 6.69. The van der Waals surface area contributed by atoms with Crippen molar-refractivity contribution < 1.29 is 15.3 Å². The fraction of sp³-hybridized carbons (Fsp3) is 0.333. The SMILES string of the molecule is Oc1ccc(CNCc2cc3c(s2)CCC3)c(O)c1O. The molecule has 3 rings (SSSR count). The van der Waals surface area contributed by atoms with Gasteiger partial charge in [-0.1, -0.05) is 6.07 Å². The van der Waals surface area contributed by atoms with Gasteiger partial charge in [-0.15, -0.1) is 11.3 Å². The van der Waals surface area contributed by atoms with E-state index in [0.717, 1.165) is 6.54 Å². The average Bonchev–Trinajstić information content (AvgIpc) is 3.00. The van der Waals surface area contributed by atoms with Crippen LogP contribution in [-0.2, 0) is 25.9 Å². The minimum Gasteiger partial charge on any atom is -0.504 e. The molecule has 4 N–H and O–H groups in total. The molecule has 4 nitrogen and oxygen atoms in total. The number of nitrogens with one attached hydrogen (secondary N) is 1. The molecule has 1 aliphatic carbocycles. The maximum atomic E-state index is 9.72. The van der Waals surface area contributed by atoms with E-state index >= 15 is 0 Å². The molecule has 2 aromatic rings. The highest BCUT2D eigenvalue weighted by atomic mass is 32.1. The van der Waals surface area contributed by atoms with Gasteiger partial charge in [0, 0.05) is 28.4 Å². The van der Waals surface area contributed by atoms with E-state index in [1.807, 2.05) is 11.3 Å². The van der Waals surface area contributed by atoms with Gasteiger partial charge in [-0.25, -0.2) is 0 Å². The summed E-state index contributed by atoms with van der Waals surface area (Å²) in [5, 5.41) is 31.7. The highest BCUT2D eigenvalue weighted by Crippen LogP contribution is 2.37. The van der Waals surface area contributed by atoms with Crippen LogP contribution in [0.15, 0.2) is 18.2 Å². The predicted octanol–water partition coefficient (Wildman–Crippen LogP) is 2.64. The van der Waals surface area contributed by atoms with Crippen molar-refractivity contribution in [2.75, 3.05) is 0 Å². The number of benzene rings is 1. The van der Waals surface area contributed by atoms with E-state index in [-0.39, 0.29) is 11.5 Å². The standard InChI is InChI=1S/C15H17NO3S/c17-12-5-4-10(14(18)15(12)19)7-16-8-11-6-9-2-1-3-13(9)20-11/h4-6,16-19H,1-3,7-8H2. The summed E-state index contributed by atoms with van der Waals surface area (Å²) in [6.45, 7) is 1.20. The van der Waals surface area contributed by atoms with Crippen molar-refractivity contribution in [1.82, 2.24) is 5.32 Å². The number of thiophene rings is 1. The Balaban J connectivity index is 1.61. The molecule has 106 valence electrons. The van der Waals surface area contributed by atoms with Crippen molar-refractivity contribution in [1.29, 1.82) is 0 Å². The fourth-order valence-corrected chi connectivity index (χ4v) is 3.78. The lowest BCUT2D eigenvalue weighted by atomic mass is 10.1. The van der Waals surface area contributed by atoms with E-state index in [2.05, 4.69) is 11.4 Å². The second-order valence-corrected chi connectivity index (χ2v) is 6.28. The zero-order valence-electron chi connectivity index (χ0n) is 11.0. The Bertz CT molecular complexity index is 615. The molecule has 0 fully saturated rings. The molecule has 0 saturated heterocycles. The highest BCUT2D eigenvalue weighted by Gasteiger charge is 2.15. The van der Waals surface area contributed by atoms with E-state index in [1.165, 1.54) is 40.6 Å². The van der Waals surface area contributed by atoms with Crippen LogP contribution in [-0.4, -0.2) is 15.3 Å². The summed E-state index contributed by atoms with van der Waals surface area (Å²) in [6.07, 6.45) is 3.67. The number of phenols is 3. The highest BCUT2D eigenvalue weighted by molar-refractivity contribution is 7.12. The van der Waals surface area contributed by atoms with Gasteiger partial charge < -0.3 is 20.6 Å². The molecule has 1 aromatic heterocycles. The second-order valence-electron chi connectivity index (χ2n) is 5.06. The normalized spacial score (nSPS) is 13.6. The zero-order chi connectivity index (χ0) is 14.1. The number of hydrogen-bond acceptors (Lipinski definition) is 5. The first kappa shape index (κ1) is 13.3. The fourth-order valence-electron chi connectivity index (χ4n) is 2.55. The number of aromatic hydroxyl groups is 3. The minimum atomic E-state index is -0.459. The smallest absolute Gasteiger partial charge is 0.200 e. The molecule has 0 atom stereocenters. The third-order valence-corrected chi connectivity index (χ3v) is 4.86. The zero-order valence-corrected chi connectivity index (χ0v) is 11.8. The minimum absolute atomic E-state index is 0.258. The van der Waals surface area contributed by atoms with Crippen molar-refractivity contribution in [2.45, 2.75) is 32.4 Å². The summed E-state index contributed by atoms with van der Waals surface area (Å²) < 4.78 is 0. The number of aryl methyl sites for hydroxylation is 2. The molecule has 1 heterocycles. The Morgan fingerprint density at radius 2 is 1.90 bits per heavy atom. The average molecular weight is 291 g/mol. The molecule has 5 heteroatoms. The van der Waals surface area contributed by atoms with Gasteiger partial charge in [0.1, 0.15) is 0 Å². The van der Waals surface area contributed by atoms with Crippen LogP contribution in [0.4, 0.5) is 0 Å². The van der Waals surface area contributed by atoms with Crippen molar-refractivity contribution in [2.24, 2.45) is 0 Å². The Labute approximate surface area is 121 Å². The van der Waals surface area contributed by atoms with Gasteiger partial charge in [0.15, 0.2) is 11.5 Å². The predicted molar refractivity (Wildman–Crippen MR) is 78.3 cm³/mol. The van der Waals surface area contributed by atoms with Crippen LogP contribution in [0.5, 0.6) is 17.2 Å². The summed E-state index contributed by atoms with van der Waals surface area (Å²) in [5.41, 5.74) is 2.06. The molecule has 0 spiro atoms. The van der Waals surface area contributed by atoms with Gasteiger partial charge >= 0.3 is 0 Å². The monoisotopic (exact) mass is 291 g/mol. The number of hydrogen-bond donors (Lipinski definition) is 4. The van der Waals surface area contributed by atoms with E-state index < -0.39 is 5.75 Å². The number of rotatable bonds is 4. The third kappa shape index (κ3) is 2.46. The lowest BCUT2D eigenvalue weighted by Crippen LogP contribution is -2.11. The topological polar surface area (TPSA) is 72.7 Å². The van der Waals surface area contributed by atoms with Crippen LogP contribution in [0.1, 0.15) is 27.3 Å². The number of phenolic OH excluding ortho intramolecular Hbond substituents is 3. The molecule has 0 unspecified atom stereocenters. The molecule has 1 aliphatic rings. The molecule has 20 heavy (non-hydrogen) atoms. The van der Waals surface area contributed by atoms with E-state index in [9.17, 15) is 15.3 Å². The summed E-state index contributed by atoms with van der Waals surface area (Å²) in [6, 6.07) is 5.24. The Kier molecular flexibility index (Phi) is 3.54. The van der Waals surface area contributed by atoms with Gasteiger partial charge in [-0.2, -0.15) is 0 Å². The molecule has 0 aliphatic heterocycles. The summed E-state index contributed by atoms with van der Waals surface area (Å²) in [4.78, 5) is 2.81. The maximum Gasteiger partial charge on any atom is 0.200 e. The molecular weight excluding hydrogens is 274 g/mol. The molecule has 0 saturated carbocycles. The number of fused-ring (bicyclic) bond motifs is 1. The summed E-state index contributed by atoms with van der Waals surface area (Å²) >= 11 is 1.85. The van der Waals surface area contributed by atoms with Gasteiger partial charge in [0.25, 0.3) is 0 Å². The van der Waals surface area contributed by atoms with E-state index in [4.69, 9.17) is 0 Å². The van der Waals surface area contributed by atoms with Crippen molar-refractivity contribution in [3.8, 4) is 17.2 Å². The first-order chi connectivity index (χ1) is 9.65. The quantitative estimate of drug-likeness (QED) is 0.654. The summed E-state index contributed by atoms with van der Waals surface area (Å²) in [7, 11) is 0. The first-order valence-corrected chi connectivity index (χ1v) is 7.50. The Morgan fingerprint density at radius 3 is 2.70 bits per heavy atom. The van der Waals surface area contributed by atoms with Crippen molar-refractivity contribution in [3.05, 3.63) is 39.1 Å². The van der Waals surface area contributed by atoms with E-state index in [1.54, 1.807) is 6.07 Å². The van der Waals surface area contributed by atoms with E-state index in [0.29, 0.717) is 12.1 Å². The molecule has 0 radical (unpaired) electrons. The van der Waals surface area contributed by atoms with Crippen LogP contribution in [0, 0.1) is 0 Å². The lowest BCUT2D eigenvalue weighted by molar-refractivity contribution is 0.364. The Morgan fingerprint density at radius 1 is 1.05 bits per heavy atom. The van der Waals surface area contributed by atoms with Crippen molar-refractivity contribution >= 4 is 11.3 Å². The van der Waals surface area contributed by atoms with Gasteiger partial charge in [-0.3, -0.25) is 0 Å². The van der Waals surface area contributed by atoms with Crippen molar-refractivity contribution in [3.63, 3.8) is 0 Å².